The first-order chi connectivity index (χ1) is 10.0. The molecule has 0 saturated carbocycles. The Morgan fingerprint density at radius 1 is 1.38 bits per heavy atom. The molecule has 21 heavy (non-hydrogen) atoms. The van der Waals surface area contributed by atoms with Crippen LogP contribution >= 0.6 is 0 Å². The number of rotatable bonds is 5. The number of hydrogen-bond donors (Lipinski definition) is 3. The average Bonchev–Trinajstić information content (AvgIpc) is 2.50. The van der Waals surface area contributed by atoms with Crippen molar-refractivity contribution in [3.8, 4) is 0 Å². The van der Waals surface area contributed by atoms with Crippen molar-refractivity contribution in [2.45, 2.75) is 45.3 Å². The molecule has 3 N–H and O–H groups in total. The van der Waals surface area contributed by atoms with E-state index in [4.69, 9.17) is 0 Å². The van der Waals surface area contributed by atoms with Crippen LogP contribution in [0.2, 0.25) is 0 Å². The van der Waals surface area contributed by atoms with E-state index in [0.717, 1.165) is 5.56 Å². The normalized spacial score (nSPS) is 20.2. The lowest BCUT2D eigenvalue weighted by molar-refractivity contribution is -0.143. The molecule has 0 fully saturated rings. The lowest BCUT2D eigenvalue weighted by Gasteiger charge is -2.28. The smallest absolute Gasteiger partial charge is 0.326 e. The molecular formula is C16H22N2O3. The fourth-order valence-corrected chi connectivity index (χ4v) is 2.58. The maximum atomic E-state index is 12.3. The Morgan fingerprint density at radius 2 is 2.05 bits per heavy atom. The number of carbonyl (C=O) groups is 2. The number of benzene rings is 1. The summed E-state index contributed by atoms with van der Waals surface area (Å²) in [6.07, 6.45) is 1.30. The van der Waals surface area contributed by atoms with E-state index in [9.17, 15) is 14.7 Å². The van der Waals surface area contributed by atoms with Crippen molar-refractivity contribution in [2.75, 3.05) is 0 Å². The Bertz CT molecular complexity index is 530. The first-order valence-corrected chi connectivity index (χ1v) is 7.36. The predicted molar refractivity (Wildman–Crippen MR) is 79.8 cm³/mol. The summed E-state index contributed by atoms with van der Waals surface area (Å²) in [6.45, 7) is 4.39. The minimum Gasteiger partial charge on any atom is -0.480 e. The van der Waals surface area contributed by atoms with Gasteiger partial charge in [-0.15, -0.1) is 0 Å². The number of fused-ring (bicyclic) bond motifs is 1. The van der Waals surface area contributed by atoms with E-state index >= 15 is 0 Å². The van der Waals surface area contributed by atoms with Gasteiger partial charge in [-0.05, 0) is 23.5 Å². The molecule has 1 aromatic carbocycles. The van der Waals surface area contributed by atoms with Crippen molar-refractivity contribution in [2.24, 2.45) is 5.92 Å². The maximum absolute atomic E-state index is 12.3. The van der Waals surface area contributed by atoms with Gasteiger partial charge in [0.1, 0.15) is 6.04 Å². The standard InChI is InChI=1S/C16H22N2O3/c1-3-10(2)14(16(20)21)18-15(19)13-8-11-6-4-5-7-12(11)9-17-13/h4-7,10,13-14,17H,3,8-9H2,1-2H3,(H,18,19)(H,20,21)/t10?,13-,14+/m1/s1. The van der Waals surface area contributed by atoms with Crippen LogP contribution in [0.5, 0.6) is 0 Å². The fraction of sp³-hybridized carbons (Fsp3) is 0.500. The van der Waals surface area contributed by atoms with Gasteiger partial charge in [-0.1, -0.05) is 44.5 Å². The average molecular weight is 290 g/mol. The number of carbonyl (C=O) groups excluding carboxylic acids is 1. The van der Waals surface area contributed by atoms with E-state index in [-0.39, 0.29) is 17.9 Å². The van der Waals surface area contributed by atoms with Crippen LogP contribution in [0, 0.1) is 5.92 Å². The second kappa shape index (κ2) is 6.72. The number of carboxylic acids is 1. The van der Waals surface area contributed by atoms with E-state index in [1.54, 1.807) is 0 Å². The molecular weight excluding hydrogens is 268 g/mol. The zero-order valence-electron chi connectivity index (χ0n) is 12.4. The zero-order valence-corrected chi connectivity index (χ0v) is 12.4. The van der Waals surface area contributed by atoms with Gasteiger partial charge in [-0.3, -0.25) is 4.79 Å². The highest BCUT2D eigenvalue weighted by Gasteiger charge is 2.30. The van der Waals surface area contributed by atoms with E-state index in [1.165, 1.54) is 5.56 Å². The van der Waals surface area contributed by atoms with Gasteiger partial charge in [0.15, 0.2) is 0 Å². The summed E-state index contributed by atoms with van der Waals surface area (Å²) in [5.74, 6) is -1.31. The van der Waals surface area contributed by atoms with Crippen LogP contribution in [-0.4, -0.2) is 29.1 Å². The molecule has 1 aromatic rings. The number of nitrogens with one attached hydrogen (secondary N) is 2. The quantitative estimate of drug-likeness (QED) is 0.764. The van der Waals surface area contributed by atoms with Gasteiger partial charge >= 0.3 is 5.97 Å². The van der Waals surface area contributed by atoms with Gasteiger partial charge < -0.3 is 15.7 Å². The highest BCUT2D eigenvalue weighted by Crippen LogP contribution is 2.17. The highest BCUT2D eigenvalue weighted by atomic mass is 16.4. The first-order valence-electron chi connectivity index (χ1n) is 7.36. The molecule has 0 aromatic heterocycles. The third-order valence-electron chi connectivity index (χ3n) is 4.17. The van der Waals surface area contributed by atoms with E-state index < -0.39 is 12.0 Å². The summed E-state index contributed by atoms with van der Waals surface area (Å²) in [7, 11) is 0. The first kappa shape index (κ1) is 15.5. The third-order valence-corrected chi connectivity index (χ3v) is 4.17. The van der Waals surface area contributed by atoms with Crippen LogP contribution in [0.4, 0.5) is 0 Å². The lowest BCUT2D eigenvalue weighted by Crippen LogP contribution is -2.54. The molecule has 114 valence electrons. The van der Waals surface area contributed by atoms with Crippen molar-refractivity contribution < 1.29 is 14.7 Å². The van der Waals surface area contributed by atoms with Crippen molar-refractivity contribution in [3.63, 3.8) is 0 Å². The molecule has 0 bridgehead atoms. The van der Waals surface area contributed by atoms with Crippen LogP contribution in [0.15, 0.2) is 24.3 Å². The van der Waals surface area contributed by atoms with Crippen LogP contribution < -0.4 is 10.6 Å². The lowest BCUT2D eigenvalue weighted by atomic mass is 9.94. The SMILES string of the molecule is CCC(C)[C@H](NC(=O)[C@H]1Cc2ccccc2CN1)C(=O)O. The molecule has 0 radical (unpaired) electrons. The molecule has 5 nitrogen and oxygen atoms in total. The molecule has 0 saturated heterocycles. The molecule has 5 heteroatoms. The number of carboxylic acid groups (broad SMARTS) is 1. The van der Waals surface area contributed by atoms with Gasteiger partial charge in [-0.2, -0.15) is 0 Å². The second-order valence-corrected chi connectivity index (χ2v) is 5.62. The molecule has 0 aliphatic carbocycles. The molecule has 1 unspecified atom stereocenters. The maximum Gasteiger partial charge on any atom is 0.326 e. The number of hydrogen-bond acceptors (Lipinski definition) is 3. The molecule has 2 rings (SSSR count). The molecule has 1 heterocycles. The van der Waals surface area contributed by atoms with Crippen molar-refractivity contribution in [1.29, 1.82) is 0 Å². The minimum absolute atomic E-state index is 0.0951. The molecule has 0 spiro atoms. The molecule has 1 aliphatic rings. The van der Waals surface area contributed by atoms with Crippen molar-refractivity contribution >= 4 is 11.9 Å². The third kappa shape index (κ3) is 3.61. The van der Waals surface area contributed by atoms with Crippen molar-refractivity contribution in [3.05, 3.63) is 35.4 Å². The van der Waals surface area contributed by atoms with Gasteiger partial charge in [0.05, 0.1) is 6.04 Å². The number of amides is 1. The van der Waals surface area contributed by atoms with Crippen LogP contribution in [0.25, 0.3) is 0 Å². The Hall–Kier alpha value is -1.88. The van der Waals surface area contributed by atoms with Crippen LogP contribution in [0.3, 0.4) is 0 Å². The Balaban J connectivity index is 2.03. The predicted octanol–water partition coefficient (Wildman–Crippen LogP) is 1.32. The summed E-state index contributed by atoms with van der Waals surface area (Å²) in [4.78, 5) is 23.6. The Morgan fingerprint density at radius 3 is 2.67 bits per heavy atom. The van der Waals surface area contributed by atoms with E-state index in [1.807, 2.05) is 38.1 Å². The number of aliphatic carboxylic acids is 1. The minimum atomic E-state index is -0.978. The monoisotopic (exact) mass is 290 g/mol. The summed E-state index contributed by atoms with van der Waals surface area (Å²) in [6, 6.07) is 6.78. The van der Waals surface area contributed by atoms with Gasteiger partial charge in [0.2, 0.25) is 5.91 Å². The highest BCUT2D eigenvalue weighted by molar-refractivity contribution is 5.87. The second-order valence-electron chi connectivity index (χ2n) is 5.62. The molecule has 1 aliphatic heterocycles. The van der Waals surface area contributed by atoms with Gasteiger partial charge in [-0.25, -0.2) is 4.79 Å². The zero-order chi connectivity index (χ0) is 15.4. The summed E-state index contributed by atoms with van der Waals surface area (Å²) >= 11 is 0. The van der Waals surface area contributed by atoms with Crippen molar-refractivity contribution in [1.82, 2.24) is 10.6 Å². The van der Waals surface area contributed by atoms with Gasteiger partial charge in [0, 0.05) is 6.54 Å². The van der Waals surface area contributed by atoms with Crippen LogP contribution in [0.1, 0.15) is 31.4 Å². The largest absolute Gasteiger partial charge is 0.480 e. The molecule has 3 atom stereocenters. The fourth-order valence-electron chi connectivity index (χ4n) is 2.58. The Labute approximate surface area is 124 Å². The van der Waals surface area contributed by atoms with Gasteiger partial charge in [0.25, 0.3) is 0 Å². The molecule has 1 amide bonds. The summed E-state index contributed by atoms with van der Waals surface area (Å²) in [5.41, 5.74) is 2.34. The summed E-state index contributed by atoms with van der Waals surface area (Å²) < 4.78 is 0. The van der Waals surface area contributed by atoms with E-state index in [2.05, 4.69) is 10.6 Å². The summed E-state index contributed by atoms with van der Waals surface area (Å²) in [5, 5.41) is 15.1. The Kier molecular flexibility index (Phi) is 4.96. The topological polar surface area (TPSA) is 78.4 Å². The van der Waals surface area contributed by atoms with E-state index in [0.29, 0.717) is 19.4 Å². The van der Waals surface area contributed by atoms with Crippen LogP contribution in [-0.2, 0) is 22.6 Å².